The van der Waals surface area contributed by atoms with Gasteiger partial charge in [-0.05, 0) is 62.2 Å². The van der Waals surface area contributed by atoms with Crippen LogP contribution in [0.25, 0.3) is 5.69 Å². The molecule has 0 aliphatic carbocycles. The van der Waals surface area contributed by atoms with Crippen molar-refractivity contribution in [3.63, 3.8) is 0 Å². The molecule has 0 saturated heterocycles. The van der Waals surface area contributed by atoms with E-state index < -0.39 is 16.0 Å². The Balaban J connectivity index is 1.90. The summed E-state index contributed by atoms with van der Waals surface area (Å²) in [5.74, 6) is -0.453. The fraction of sp³-hybridized carbons (Fsp3) is 0.304. The molecule has 32 heavy (non-hydrogen) atoms. The minimum Gasteiger partial charge on any atom is -0.462 e. The first-order valence-corrected chi connectivity index (χ1v) is 11.7. The standard InChI is InChI=1S/C23H27N3O5S/c1-6-31-23(28)17-8-7-9-18(14-17)24-32(29,30)20-12-10-19(11-13-20)26-22(27)21(15(2)3)16(4)25(26)5/h7-15,24H,6H2,1-5H3. The van der Waals surface area contributed by atoms with Crippen LogP contribution >= 0.6 is 0 Å². The van der Waals surface area contributed by atoms with Gasteiger partial charge in [-0.1, -0.05) is 19.9 Å². The molecule has 1 N–H and O–H groups in total. The van der Waals surface area contributed by atoms with E-state index in [2.05, 4.69) is 4.72 Å². The fourth-order valence-corrected chi connectivity index (χ4v) is 4.64. The molecule has 8 nitrogen and oxygen atoms in total. The number of hydrogen-bond donors (Lipinski definition) is 1. The Kier molecular flexibility index (Phi) is 6.59. The summed E-state index contributed by atoms with van der Waals surface area (Å²) in [4.78, 5) is 24.8. The predicted molar refractivity (Wildman–Crippen MR) is 123 cm³/mol. The number of aromatic nitrogens is 2. The third-order valence-corrected chi connectivity index (χ3v) is 6.59. The maximum absolute atomic E-state index is 12.9. The summed E-state index contributed by atoms with van der Waals surface area (Å²) in [5, 5.41) is 0. The maximum atomic E-state index is 12.9. The maximum Gasteiger partial charge on any atom is 0.338 e. The summed E-state index contributed by atoms with van der Waals surface area (Å²) < 4.78 is 36.4. The zero-order valence-corrected chi connectivity index (χ0v) is 19.6. The van der Waals surface area contributed by atoms with E-state index in [1.54, 1.807) is 49.0 Å². The highest BCUT2D eigenvalue weighted by Gasteiger charge is 2.20. The van der Waals surface area contributed by atoms with Crippen LogP contribution in [-0.2, 0) is 21.8 Å². The second-order valence-electron chi connectivity index (χ2n) is 7.70. The molecule has 2 aromatic carbocycles. The smallest absolute Gasteiger partial charge is 0.338 e. The summed E-state index contributed by atoms with van der Waals surface area (Å²) in [5.41, 5.74) is 2.54. The minimum absolute atomic E-state index is 0.0332. The van der Waals surface area contributed by atoms with Crippen LogP contribution in [0.4, 0.5) is 5.69 Å². The molecular formula is C23H27N3O5S. The van der Waals surface area contributed by atoms with Crippen LogP contribution in [0.5, 0.6) is 0 Å². The van der Waals surface area contributed by atoms with Crippen molar-refractivity contribution in [1.82, 2.24) is 9.36 Å². The molecule has 1 aromatic heterocycles. The van der Waals surface area contributed by atoms with Gasteiger partial charge in [0.25, 0.3) is 15.6 Å². The lowest BCUT2D eigenvalue weighted by Crippen LogP contribution is -2.21. The zero-order chi connectivity index (χ0) is 23.6. The summed E-state index contributed by atoms with van der Waals surface area (Å²) in [6, 6.07) is 12.2. The molecule has 0 aliphatic heterocycles. The van der Waals surface area contributed by atoms with Gasteiger partial charge in [0.1, 0.15) is 0 Å². The quantitative estimate of drug-likeness (QED) is 0.547. The van der Waals surface area contributed by atoms with Gasteiger partial charge in [0.2, 0.25) is 0 Å². The molecule has 0 aliphatic rings. The number of nitrogens with one attached hydrogen (secondary N) is 1. The van der Waals surface area contributed by atoms with Crippen LogP contribution in [0.3, 0.4) is 0 Å². The number of anilines is 1. The zero-order valence-electron chi connectivity index (χ0n) is 18.7. The summed E-state index contributed by atoms with van der Waals surface area (Å²) in [7, 11) is -2.10. The number of esters is 1. The molecule has 1 heterocycles. The first-order chi connectivity index (χ1) is 15.1. The van der Waals surface area contributed by atoms with Gasteiger partial charge in [-0.2, -0.15) is 0 Å². The first-order valence-electron chi connectivity index (χ1n) is 10.3. The molecule has 0 bridgehead atoms. The van der Waals surface area contributed by atoms with Gasteiger partial charge >= 0.3 is 5.97 Å². The van der Waals surface area contributed by atoms with Crippen molar-refractivity contribution in [3.05, 3.63) is 75.7 Å². The normalized spacial score (nSPS) is 11.6. The number of benzene rings is 2. The SMILES string of the molecule is CCOC(=O)c1cccc(NS(=O)(=O)c2ccc(-n3c(=O)c(C(C)C)c(C)n3C)cc2)c1. The molecule has 0 saturated carbocycles. The third-order valence-electron chi connectivity index (χ3n) is 5.19. The number of nitrogens with zero attached hydrogens (tertiary/aromatic N) is 2. The minimum atomic E-state index is -3.90. The molecular weight excluding hydrogens is 430 g/mol. The Labute approximate surface area is 187 Å². The van der Waals surface area contributed by atoms with Gasteiger partial charge in [-0.25, -0.2) is 17.9 Å². The van der Waals surface area contributed by atoms with E-state index in [4.69, 9.17) is 4.74 Å². The van der Waals surface area contributed by atoms with Gasteiger partial charge in [0.15, 0.2) is 0 Å². The van der Waals surface area contributed by atoms with Gasteiger partial charge in [0.05, 0.1) is 22.8 Å². The molecule has 3 aromatic rings. The third kappa shape index (κ3) is 4.47. The van der Waals surface area contributed by atoms with E-state index in [0.717, 1.165) is 11.3 Å². The number of rotatable bonds is 7. The summed E-state index contributed by atoms with van der Waals surface area (Å²) in [6.07, 6.45) is 0. The fourth-order valence-electron chi connectivity index (χ4n) is 3.59. The van der Waals surface area contributed by atoms with Crippen molar-refractivity contribution < 1.29 is 17.9 Å². The first kappa shape index (κ1) is 23.3. The van der Waals surface area contributed by atoms with E-state index in [9.17, 15) is 18.0 Å². The van der Waals surface area contributed by atoms with Gasteiger partial charge in [0, 0.05) is 24.0 Å². The predicted octanol–water partition coefficient (Wildman–Crippen LogP) is 3.59. The highest BCUT2D eigenvalue weighted by molar-refractivity contribution is 7.92. The number of sulfonamides is 1. The molecule has 0 radical (unpaired) electrons. The van der Waals surface area contributed by atoms with Crippen LogP contribution in [-0.4, -0.2) is 30.4 Å². The number of carbonyl (C=O) groups excluding carboxylic acids is 1. The number of hydrogen-bond acceptors (Lipinski definition) is 5. The lowest BCUT2D eigenvalue weighted by molar-refractivity contribution is 0.0526. The van der Waals surface area contributed by atoms with Crippen LogP contribution in [0.2, 0.25) is 0 Å². The van der Waals surface area contributed by atoms with Crippen molar-refractivity contribution in [2.75, 3.05) is 11.3 Å². The molecule has 3 rings (SSSR count). The number of ether oxygens (including phenoxy) is 1. The Morgan fingerprint density at radius 3 is 2.34 bits per heavy atom. The van der Waals surface area contributed by atoms with Crippen molar-refractivity contribution in [1.29, 1.82) is 0 Å². The van der Waals surface area contributed by atoms with E-state index in [1.807, 2.05) is 20.8 Å². The van der Waals surface area contributed by atoms with Crippen LogP contribution < -0.4 is 10.3 Å². The van der Waals surface area contributed by atoms with Crippen molar-refractivity contribution in [2.24, 2.45) is 7.05 Å². The number of carbonyl (C=O) groups is 1. The van der Waals surface area contributed by atoms with E-state index in [1.165, 1.54) is 22.9 Å². The highest BCUT2D eigenvalue weighted by atomic mass is 32.2. The van der Waals surface area contributed by atoms with Crippen molar-refractivity contribution >= 4 is 21.7 Å². The molecule has 9 heteroatoms. The Morgan fingerprint density at radius 1 is 1.12 bits per heavy atom. The second kappa shape index (κ2) is 9.04. The van der Waals surface area contributed by atoms with Gasteiger partial charge in [-0.15, -0.1) is 0 Å². The van der Waals surface area contributed by atoms with Crippen LogP contribution in [0.1, 0.15) is 48.3 Å². The topological polar surface area (TPSA) is 99.4 Å². The Hall–Kier alpha value is -3.33. The summed E-state index contributed by atoms with van der Waals surface area (Å²) in [6.45, 7) is 7.74. The monoisotopic (exact) mass is 457 g/mol. The molecule has 0 spiro atoms. The average molecular weight is 458 g/mol. The Bertz CT molecular complexity index is 1300. The van der Waals surface area contributed by atoms with E-state index >= 15 is 0 Å². The molecule has 0 fully saturated rings. The average Bonchev–Trinajstić information content (AvgIpc) is 2.96. The summed E-state index contributed by atoms with van der Waals surface area (Å²) >= 11 is 0. The van der Waals surface area contributed by atoms with E-state index in [0.29, 0.717) is 5.69 Å². The Morgan fingerprint density at radius 2 is 1.78 bits per heavy atom. The van der Waals surface area contributed by atoms with Crippen LogP contribution in [0, 0.1) is 6.92 Å². The molecule has 170 valence electrons. The van der Waals surface area contributed by atoms with Gasteiger partial charge in [-0.3, -0.25) is 14.2 Å². The van der Waals surface area contributed by atoms with Crippen LogP contribution in [0.15, 0.2) is 58.2 Å². The van der Waals surface area contributed by atoms with Crippen molar-refractivity contribution in [3.8, 4) is 5.69 Å². The highest BCUT2D eigenvalue weighted by Crippen LogP contribution is 2.21. The van der Waals surface area contributed by atoms with Gasteiger partial charge < -0.3 is 4.74 Å². The second-order valence-corrected chi connectivity index (χ2v) is 9.38. The largest absolute Gasteiger partial charge is 0.462 e. The molecule has 0 amide bonds. The molecule has 0 atom stereocenters. The lowest BCUT2D eigenvalue weighted by Gasteiger charge is -2.11. The van der Waals surface area contributed by atoms with Crippen molar-refractivity contribution in [2.45, 2.75) is 38.5 Å². The molecule has 0 unspecified atom stereocenters. The van der Waals surface area contributed by atoms with E-state index in [-0.39, 0.29) is 34.2 Å². The lowest BCUT2D eigenvalue weighted by atomic mass is 10.0.